The Balaban J connectivity index is 1.78. The monoisotopic (exact) mass is 273 g/mol. The Morgan fingerprint density at radius 2 is 2.20 bits per heavy atom. The van der Waals surface area contributed by atoms with E-state index in [1.165, 1.54) is 12.8 Å². The fourth-order valence-electron chi connectivity index (χ4n) is 3.28. The number of rotatable bonds is 3. The van der Waals surface area contributed by atoms with Crippen LogP contribution >= 0.6 is 0 Å². The second-order valence-electron chi connectivity index (χ2n) is 5.78. The molecule has 1 aromatic rings. The van der Waals surface area contributed by atoms with E-state index in [2.05, 4.69) is 17.6 Å². The summed E-state index contributed by atoms with van der Waals surface area (Å²) in [4.78, 5) is 14.7. The average Bonchev–Trinajstić information content (AvgIpc) is 2.95. The molecule has 1 atom stereocenters. The van der Waals surface area contributed by atoms with Gasteiger partial charge in [-0.3, -0.25) is 4.79 Å². The third-order valence-electron chi connectivity index (χ3n) is 4.31. The first-order valence-corrected chi connectivity index (χ1v) is 7.69. The fraction of sp³-hybridized carbons (Fsp3) is 0.562. The molecule has 3 rings (SSSR count). The molecule has 1 fully saturated rings. The lowest BCUT2D eigenvalue weighted by Gasteiger charge is -2.24. The lowest BCUT2D eigenvalue weighted by Crippen LogP contribution is -2.31. The molecular formula is C16H23N3O. The van der Waals surface area contributed by atoms with Crippen molar-refractivity contribution in [1.29, 1.82) is 0 Å². The van der Waals surface area contributed by atoms with Gasteiger partial charge >= 0.3 is 0 Å². The van der Waals surface area contributed by atoms with Crippen LogP contribution in [0.4, 0.5) is 11.4 Å². The first-order valence-electron chi connectivity index (χ1n) is 7.69. The summed E-state index contributed by atoms with van der Waals surface area (Å²) in [5, 5.41) is 6.71. The summed E-state index contributed by atoms with van der Waals surface area (Å²) < 4.78 is 0. The summed E-state index contributed by atoms with van der Waals surface area (Å²) in [6.45, 7) is 5.82. The van der Waals surface area contributed by atoms with Crippen LogP contribution in [0.25, 0.3) is 0 Å². The van der Waals surface area contributed by atoms with Crippen LogP contribution < -0.4 is 10.6 Å². The van der Waals surface area contributed by atoms with E-state index in [1.807, 2.05) is 23.1 Å². The van der Waals surface area contributed by atoms with E-state index in [0.29, 0.717) is 5.92 Å². The lowest BCUT2D eigenvalue weighted by atomic mass is 10.0. The van der Waals surface area contributed by atoms with Crippen molar-refractivity contribution in [1.82, 2.24) is 4.90 Å². The number of likely N-dealkylation sites (tertiary alicyclic amines) is 1. The largest absolute Gasteiger partial charge is 0.382 e. The van der Waals surface area contributed by atoms with Gasteiger partial charge in [0.05, 0.1) is 16.9 Å². The van der Waals surface area contributed by atoms with Crippen LogP contribution in [0.2, 0.25) is 0 Å². The second kappa shape index (κ2) is 5.73. The van der Waals surface area contributed by atoms with E-state index < -0.39 is 0 Å². The molecule has 4 nitrogen and oxygen atoms in total. The maximum atomic E-state index is 12.7. The smallest absolute Gasteiger partial charge is 0.256 e. The number of carbonyl (C=O) groups is 1. The predicted octanol–water partition coefficient (Wildman–Crippen LogP) is 2.79. The van der Waals surface area contributed by atoms with Gasteiger partial charge in [-0.15, -0.1) is 0 Å². The standard InChI is InChI=1S/C16H23N3O/c1-2-4-12-7-10-19(11-12)16(20)13-5-3-6-14-15(13)18-9-8-17-14/h3,5-6,12,17-18H,2,4,7-11H2,1H3. The van der Waals surface area contributed by atoms with Gasteiger partial charge in [0.2, 0.25) is 0 Å². The molecule has 2 heterocycles. The van der Waals surface area contributed by atoms with Crippen LogP contribution in [0.1, 0.15) is 36.5 Å². The molecule has 2 N–H and O–H groups in total. The maximum absolute atomic E-state index is 12.7. The van der Waals surface area contributed by atoms with E-state index in [4.69, 9.17) is 0 Å². The minimum absolute atomic E-state index is 0.177. The van der Waals surface area contributed by atoms with Crippen molar-refractivity contribution in [2.75, 3.05) is 36.8 Å². The van der Waals surface area contributed by atoms with Crippen molar-refractivity contribution in [2.45, 2.75) is 26.2 Å². The molecule has 2 aliphatic rings. The number of nitrogens with one attached hydrogen (secondary N) is 2. The normalized spacial score (nSPS) is 21.1. The minimum Gasteiger partial charge on any atom is -0.382 e. The highest BCUT2D eigenvalue weighted by Gasteiger charge is 2.28. The predicted molar refractivity (Wildman–Crippen MR) is 82.3 cm³/mol. The highest BCUT2D eigenvalue weighted by atomic mass is 16.2. The molecule has 1 saturated heterocycles. The number of nitrogens with zero attached hydrogens (tertiary/aromatic N) is 1. The van der Waals surface area contributed by atoms with Crippen LogP contribution in [-0.4, -0.2) is 37.0 Å². The van der Waals surface area contributed by atoms with E-state index in [1.54, 1.807) is 0 Å². The Morgan fingerprint density at radius 3 is 3.05 bits per heavy atom. The molecule has 108 valence electrons. The molecule has 20 heavy (non-hydrogen) atoms. The number of para-hydroxylation sites is 1. The van der Waals surface area contributed by atoms with Crippen LogP contribution in [0.5, 0.6) is 0 Å². The van der Waals surface area contributed by atoms with E-state index >= 15 is 0 Å². The van der Waals surface area contributed by atoms with Crippen molar-refractivity contribution < 1.29 is 4.79 Å². The van der Waals surface area contributed by atoms with Gasteiger partial charge in [0, 0.05) is 26.2 Å². The highest BCUT2D eigenvalue weighted by molar-refractivity contribution is 6.02. The Bertz CT molecular complexity index is 500. The number of anilines is 2. The minimum atomic E-state index is 0.177. The zero-order valence-electron chi connectivity index (χ0n) is 12.1. The van der Waals surface area contributed by atoms with Gasteiger partial charge < -0.3 is 15.5 Å². The quantitative estimate of drug-likeness (QED) is 0.890. The third-order valence-corrected chi connectivity index (χ3v) is 4.31. The number of carbonyl (C=O) groups excluding carboxylic acids is 1. The highest BCUT2D eigenvalue weighted by Crippen LogP contribution is 2.31. The van der Waals surface area contributed by atoms with Gasteiger partial charge in [-0.05, 0) is 30.9 Å². The molecule has 0 aliphatic carbocycles. The zero-order chi connectivity index (χ0) is 13.9. The molecule has 1 amide bonds. The SMILES string of the molecule is CCCC1CCN(C(=O)c2cccc3c2NCCN3)C1. The van der Waals surface area contributed by atoms with Crippen molar-refractivity contribution in [3.05, 3.63) is 23.8 Å². The summed E-state index contributed by atoms with van der Waals surface area (Å²) in [5.74, 6) is 0.867. The van der Waals surface area contributed by atoms with E-state index in [0.717, 1.165) is 49.5 Å². The van der Waals surface area contributed by atoms with E-state index in [9.17, 15) is 4.79 Å². The Morgan fingerprint density at radius 1 is 1.35 bits per heavy atom. The van der Waals surface area contributed by atoms with Gasteiger partial charge in [-0.1, -0.05) is 19.4 Å². The maximum Gasteiger partial charge on any atom is 0.256 e. The van der Waals surface area contributed by atoms with Crippen LogP contribution in [0.3, 0.4) is 0 Å². The van der Waals surface area contributed by atoms with Crippen molar-refractivity contribution in [3.63, 3.8) is 0 Å². The Labute approximate surface area is 120 Å². The van der Waals surface area contributed by atoms with Crippen molar-refractivity contribution in [2.24, 2.45) is 5.92 Å². The Hall–Kier alpha value is -1.71. The van der Waals surface area contributed by atoms with Gasteiger partial charge in [-0.25, -0.2) is 0 Å². The molecule has 2 aliphatic heterocycles. The number of hydrogen-bond acceptors (Lipinski definition) is 3. The number of amides is 1. The molecule has 1 aromatic carbocycles. The lowest BCUT2D eigenvalue weighted by molar-refractivity contribution is 0.0787. The van der Waals surface area contributed by atoms with Gasteiger partial charge in [0.15, 0.2) is 0 Å². The number of hydrogen-bond donors (Lipinski definition) is 2. The van der Waals surface area contributed by atoms with Gasteiger partial charge in [0.25, 0.3) is 5.91 Å². The number of fused-ring (bicyclic) bond motifs is 1. The number of benzene rings is 1. The molecular weight excluding hydrogens is 250 g/mol. The van der Waals surface area contributed by atoms with Gasteiger partial charge in [-0.2, -0.15) is 0 Å². The summed E-state index contributed by atoms with van der Waals surface area (Å²) in [7, 11) is 0. The summed E-state index contributed by atoms with van der Waals surface area (Å²) in [6, 6.07) is 5.93. The second-order valence-corrected chi connectivity index (χ2v) is 5.78. The van der Waals surface area contributed by atoms with Crippen LogP contribution in [-0.2, 0) is 0 Å². The molecule has 1 unspecified atom stereocenters. The first kappa shape index (κ1) is 13.3. The zero-order valence-corrected chi connectivity index (χ0v) is 12.1. The van der Waals surface area contributed by atoms with Crippen molar-refractivity contribution >= 4 is 17.3 Å². The third kappa shape index (κ3) is 2.47. The molecule has 0 aromatic heterocycles. The summed E-state index contributed by atoms with van der Waals surface area (Å²) in [5.41, 5.74) is 2.83. The molecule has 0 bridgehead atoms. The topological polar surface area (TPSA) is 44.4 Å². The van der Waals surface area contributed by atoms with Crippen LogP contribution in [0.15, 0.2) is 18.2 Å². The molecule has 0 spiro atoms. The van der Waals surface area contributed by atoms with E-state index in [-0.39, 0.29) is 5.91 Å². The average molecular weight is 273 g/mol. The summed E-state index contributed by atoms with van der Waals surface area (Å²) >= 11 is 0. The van der Waals surface area contributed by atoms with Crippen LogP contribution in [0, 0.1) is 5.92 Å². The Kier molecular flexibility index (Phi) is 3.81. The van der Waals surface area contributed by atoms with Gasteiger partial charge in [0.1, 0.15) is 0 Å². The molecule has 0 saturated carbocycles. The fourth-order valence-corrected chi connectivity index (χ4v) is 3.28. The summed E-state index contributed by atoms with van der Waals surface area (Å²) in [6.07, 6.45) is 3.59. The molecule has 4 heteroatoms. The molecule has 0 radical (unpaired) electrons. The first-order chi connectivity index (χ1) is 9.79. The van der Waals surface area contributed by atoms with Crippen molar-refractivity contribution in [3.8, 4) is 0 Å².